The molecule has 4 nitrogen and oxygen atoms in total. The third-order valence-corrected chi connectivity index (χ3v) is 4.29. The fourth-order valence-electron chi connectivity index (χ4n) is 2.69. The number of carbonyl (C=O) groups is 1. The number of nitrogens with one attached hydrogen (secondary N) is 1. The molecule has 0 radical (unpaired) electrons. The molecule has 0 aliphatic heterocycles. The fourth-order valence-corrected chi connectivity index (χ4v) is 2.90. The largest absolute Gasteiger partial charge is 0.384 e. The molecule has 1 fully saturated rings. The van der Waals surface area contributed by atoms with Crippen LogP contribution in [0, 0.1) is 11.8 Å². The van der Waals surface area contributed by atoms with E-state index in [1.807, 2.05) is 0 Å². The number of nitrogens with zero attached hydrogens (tertiary/aromatic N) is 1. The highest BCUT2D eigenvalue weighted by Gasteiger charge is 2.28. The van der Waals surface area contributed by atoms with Gasteiger partial charge in [0.05, 0.1) is 0 Å². The molecule has 0 saturated heterocycles. The standard InChI is InChI=1S/C14H20ClN3O/c1-8-4-3-5-11(9(8)2)17-14(19)10-6-12(15)18-13(16)7-10/h6-9,11H,3-5H2,1-2H3,(H2,16,18)(H,17,19). The quantitative estimate of drug-likeness (QED) is 0.819. The van der Waals surface area contributed by atoms with Crippen molar-refractivity contribution in [3.8, 4) is 0 Å². The molecule has 3 atom stereocenters. The van der Waals surface area contributed by atoms with Crippen LogP contribution in [0.4, 0.5) is 5.82 Å². The van der Waals surface area contributed by atoms with Gasteiger partial charge in [-0.25, -0.2) is 4.98 Å². The summed E-state index contributed by atoms with van der Waals surface area (Å²) < 4.78 is 0. The smallest absolute Gasteiger partial charge is 0.251 e. The van der Waals surface area contributed by atoms with E-state index in [2.05, 4.69) is 24.1 Å². The summed E-state index contributed by atoms with van der Waals surface area (Å²) in [5.74, 6) is 1.28. The summed E-state index contributed by atoms with van der Waals surface area (Å²) in [5.41, 5.74) is 6.08. The number of hydrogen-bond acceptors (Lipinski definition) is 3. The second kappa shape index (κ2) is 5.78. The second-order valence-corrected chi connectivity index (χ2v) is 5.84. The average molecular weight is 282 g/mol. The van der Waals surface area contributed by atoms with Gasteiger partial charge in [-0.3, -0.25) is 4.79 Å². The lowest BCUT2D eigenvalue weighted by Crippen LogP contribution is -2.43. The van der Waals surface area contributed by atoms with Crippen LogP contribution in [0.15, 0.2) is 12.1 Å². The maximum Gasteiger partial charge on any atom is 0.251 e. The van der Waals surface area contributed by atoms with E-state index < -0.39 is 0 Å². The minimum Gasteiger partial charge on any atom is -0.384 e. The van der Waals surface area contributed by atoms with Crippen molar-refractivity contribution < 1.29 is 4.79 Å². The van der Waals surface area contributed by atoms with Gasteiger partial charge >= 0.3 is 0 Å². The van der Waals surface area contributed by atoms with Crippen molar-refractivity contribution >= 4 is 23.3 Å². The Labute approximate surface area is 118 Å². The number of anilines is 1. The maximum absolute atomic E-state index is 12.2. The highest BCUT2D eigenvalue weighted by atomic mass is 35.5. The number of hydrogen-bond donors (Lipinski definition) is 2. The average Bonchev–Trinajstić information content (AvgIpc) is 2.33. The van der Waals surface area contributed by atoms with Crippen molar-refractivity contribution in [1.29, 1.82) is 0 Å². The Hall–Kier alpha value is -1.29. The van der Waals surface area contributed by atoms with Crippen molar-refractivity contribution in [3.05, 3.63) is 22.8 Å². The summed E-state index contributed by atoms with van der Waals surface area (Å²) in [6.07, 6.45) is 3.43. The number of nitrogen functional groups attached to an aromatic ring is 1. The molecule has 1 saturated carbocycles. The number of rotatable bonds is 2. The van der Waals surface area contributed by atoms with E-state index >= 15 is 0 Å². The Morgan fingerprint density at radius 3 is 2.84 bits per heavy atom. The van der Waals surface area contributed by atoms with E-state index in [1.165, 1.54) is 6.42 Å². The number of carbonyl (C=O) groups excluding carboxylic acids is 1. The first-order valence-corrected chi connectivity index (χ1v) is 7.09. The van der Waals surface area contributed by atoms with Crippen molar-refractivity contribution in [1.82, 2.24) is 10.3 Å². The molecule has 5 heteroatoms. The van der Waals surface area contributed by atoms with Crippen molar-refractivity contribution in [2.75, 3.05) is 5.73 Å². The van der Waals surface area contributed by atoms with E-state index in [-0.39, 0.29) is 22.9 Å². The zero-order chi connectivity index (χ0) is 14.0. The summed E-state index contributed by atoms with van der Waals surface area (Å²) in [5, 5.41) is 3.33. The van der Waals surface area contributed by atoms with Gasteiger partial charge in [-0.2, -0.15) is 0 Å². The second-order valence-electron chi connectivity index (χ2n) is 5.45. The normalized spacial score (nSPS) is 27.0. The molecule has 3 unspecified atom stereocenters. The van der Waals surface area contributed by atoms with E-state index in [4.69, 9.17) is 17.3 Å². The molecule has 1 aromatic heterocycles. The zero-order valence-electron chi connectivity index (χ0n) is 11.3. The maximum atomic E-state index is 12.2. The fraction of sp³-hybridized carbons (Fsp3) is 0.571. The van der Waals surface area contributed by atoms with E-state index in [9.17, 15) is 4.79 Å². The number of halogens is 1. The first kappa shape index (κ1) is 14.1. The van der Waals surface area contributed by atoms with Crippen molar-refractivity contribution in [2.45, 2.75) is 39.2 Å². The molecular weight excluding hydrogens is 262 g/mol. The Morgan fingerprint density at radius 1 is 1.42 bits per heavy atom. The number of pyridine rings is 1. The highest BCUT2D eigenvalue weighted by Crippen LogP contribution is 2.29. The number of aromatic nitrogens is 1. The lowest BCUT2D eigenvalue weighted by molar-refractivity contribution is 0.0891. The Morgan fingerprint density at radius 2 is 2.16 bits per heavy atom. The third kappa shape index (κ3) is 3.38. The van der Waals surface area contributed by atoms with Gasteiger partial charge in [0.15, 0.2) is 0 Å². The van der Waals surface area contributed by atoms with Crippen LogP contribution in [0.2, 0.25) is 5.15 Å². The summed E-state index contributed by atoms with van der Waals surface area (Å²) in [7, 11) is 0. The van der Waals surface area contributed by atoms with Gasteiger partial charge < -0.3 is 11.1 Å². The monoisotopic (exact) mass is 281 g/mol. The minimum atomic E-state index is -0.123. The lowest BCUT2D eigenvalue weighted by atomic mass is 9.78. The van der Waals surface area contributed by atoms with Gasteiger partial charge in [-0.05, 0) is 30.4 Å². The minimum absolute atomic E-state index is 0.123. The molecule has 19 heavy (non-hydrogen) atoms. The molecule has 2 rings (SSSR count). The van der Waals surface area contributed by atoms with Crippen LogP contribution in [0.25, 0.3) is 0 Å². The van der Waals surface area contributed by atoms with Crippen LogP contribution in [0.3, 0.4) is 0 Å². The van der Waals surface area contributed by atoms with Crippen LogP contribution < -0.4 is 11.1 Å². The molecule has 0 bridgehead atoms. The molecule has 0 aromatic carbocycles. The molecular formula is C14H20ClN3O. The predicted molar refractivity (Wildman–Crippen MR) is 77.1 cm³/mol. The van der Waals surface area contributed by atoms with Crippen molar-refractivity contribution in [3.63, 3.8) is 0 Å². The Kier molecular flexibility index (Phi) is 4.30. The summed E-state index contributed by atoms with van der Waals surface area (Å²) in [6.45, 7) is 4.44. The van der Waals surface area contributed by atoms with Crippen LogP contribution in [0.1, 0.15) is 43.5 Å². The van der Waals surface area contributed by atoms with Gasteiger partial charge in [0.2, 0.25) is 0 Å². The van der Waals surface area contributed by atoms with Crippen LogP contribution in [-0.2, 0) is 0 Å². The van der Waals surface area contributed by atoms with Crippen LogP contribution >= 0.6 is 11.6 Å². The SMILES string of the molecule is CC1CCCC(NC(=O)c2cc(N)nc(Cl)c2)C1C. The van der Waals surface area contributed by atoms with E-state index in [0.29, 0.717) is 17.4 Å². The van der Waals surface area contributed by atoms with Crippen molar-refractivity contribution in [2.24, 2.45) is 11.8 Å². The first-order chi connectivity index (χ1) is 8.97. The number of amides is 1. The van der Waals surface area contributed by atoms with Gasteiger partial charge in [0.25, 0.3) is 5.91 Å². The van der Waals surface area contributed by atoms with E-state index in [1.54, 1.807) is 12.1 Å². The summed E-state index contributed by atoms with van der Waals surface area (Å²) in [6, 6.07) is 3.33. The van der Waals surface area contributed by atoms with Crippen LogP contribution in [-0.4, -0.2) is 16.9 Å². The molecule has 1 heterocycles. The van der Waals surface area contributed by atoms with Gasteiger partial charge in [-0.1, -0.05) is 38.3 Å². The molecule has 104 valence electrons. The summed E-state index contributed by atoms with van der Waals surface area (Å²) in [4.78, 5) is 16.1. The molecule has 1 aromatic rings. The first-order valence-electron chi connectivity index (χ1n) is 6.71. The van der Waals surface area contributed by atoms with Gasteiger partial charge in [-0.15, -0.1) is 0 Å². The molecule has 0 spiro atoms. The van der Waals surface area contributed by atoms with Crippen LogP contribution in [0.5, 0.6) is 0 Å². The highest BCUT2D eigenvalue weighted by molar-refractivity contribution is 6.29. The third-order valence-electron chi connectivity index (χ3n) is 4.10. The number of nitrogens with two attached hydrogens (primary N) is 1. The van der Waals surface area contributed by atoms with E-state index in [0.717, 1.165) is 12.8 Å². The van der Waals surface area contributed by atoms with Gasteiger partial charge in [0.1, 0.15) is 11.0 Å². The zero-order valence-corrected chi connectivity index (χ0v) is 12.1. The predicted octanol–water partition coefficient (Wildman–Crippen LogP) is 2.87. The Balaban J connectivity index is 2.08. The summed E-state index contributed by atoms with van der Waals surface area (Å²) >= 11 is 5.82. The van der Waals surface area contributed by atoms with Gasteiger partial charge in [0, 0.05) is 11.6 Å². The topological polar surface area (TPSA) is 68.0 Å². The molecule has 1 amide bonds. The Bertz CT molecular complexity index is 458. The molecule has 1 aliphatic carbocycles. The lowest BCUT2D eigenvalue weighted by Gasteiger charge is -2.34. The molecule has 1 aliphatic rings. The molecule has 3 N–H and O–H groups in total.